The van der Waals surface area contributed by atoms with Gasteiger partial charge < -0.3 is 9.47 Å². The van der Waals surface area contributed by atoms with E-state index in [4.69, 9.17) is 9.47 Å². The van der Waals surface area contributed by atoms with E-state index in [1.54, 1.807) is 30.3 Å². The number of hydrogen-bond donors (Lipinski definition) is 0. The molecule has 0 amide bonds. The van der Waals surface area contributed by atoms with Gasteiger partial charge in [0.25, 0.3) is 0 Å². The third kappa shape index (κ3) is 4.69. The second kappa shape index (κ2) is 6.73. The average molecular weight is 386 g/mol. The number of ether oxygens (including phenoxy) is 2. The van der Waals surface area contributed by atoms with Gasteiger partial charge in [0.15, 0.2) is 6.61 Å². The van der Waals surface area contributed by atoms with Crippen LogP contribution in [0.2, 0.25) is 0 Å². The topological polar surface area (TPSA) is 35.5 Å². The third-order valence-corrected chi connectivity index (χ3v) is 3.17. The van der Waals surface area contributed by atoms with Crippen LogP contribution in [-0.4, -0.2) is 12.6 Å². The van der Waals surface area contributed by atoms with Gasteiger partial charge in [-0.1, -0.05) is 44.0 Å². The van der Waals surface area contributed by atoms with Crippen molar-refractivity contribution in [1.29, 1.82) is 0 Å². The number of rotatable bonds is 4. The van der Waals surface area contributed by atoms with Gasteiger partial charge in [-0.2, -0.15) is 0 Å². The first-order valence-corrected chi connectivity index (χ1v) is 7.07. The lowest BCUT2D eigenvalue weighted by Crippen LogP contribution is -2.17. The molecule has 2 rings (SSSR count). The van der Waals surface area contributed by atoms with Crippen molar-refractivity contribution in [3.63, 3.8) is 0 Å². The van der Waals surface area contributed by atoms with Gasteiger partial charge >= 0.3 is 5.97 Å². The largest absolute Gasteiger partial charge is 0.482 e. The van der Waals surface area contributed by atoms with Crippen LogP contribution in [0.25, 0.3) is 0 Å². The molecule has 0 fully saturated rings. The van der Waals surface area contributed by atoms with Crippen molar-refractivity contribution in [3.05, 3.63) is 57.5 Å². The minimum Gasteiger partial charge on any atom is -0.482 e. The summed E-state index contributed by atoms with van der Waals surface area (Å²) < 4.78 is 12.2. The molecule has 0 saturated carbocycles. The monoisotopic (exact) mass is 384 g/mol. The number of carbonyl (C=O) groups is 1. The summed E-state index contributed by atoms with van der Waals surface area (Å²) in [5.74, 6) is 0.649. The minimum absolute atomic E-state index is 0.136. The summed E-state index contributed by atoms with van der Waals surface area (Å²) in [6.45, 7) is -0.136. The van der Waals surface area contributed by atoms with Gasteiger partial charge in [-0.25, -0.2) is 4.79 Å². The fourth-order valence-corrected chi connectivity index (χ4v) is 2.15. The molecule has 0 aliphatic rings. The highest BCUT2D eigenvalue weighted by Crippen LogP contribution is 2.19. The Morgan fingerprint density at radius 2 is 1.53 bits per heavy atom. The molecule has 0 aromatic heterocycles. The maximum atomic E-state index is 11.6. The van der Waals surface area contributed by atoms with Crippen LogP contribution in [0.1, 0.15) is 0 Å². The summed E-state index contributed by atoms with van der Waals surface area (Å²) in [5.41, 5.74) is 0. The van der Waals surface area contributed by atoms with E-state index in [0.717, 1.165) is 8.95 Å². The van der Waals surface area contributed by atoms with Crippen LogP contribution >= 0.6 is 31.9 Å². The van der Waals surface area contributed by atoms with E-state index < -0.39 is 5.97 Å². The Kier molecular flexibility index (Phi) is 4.99. The van der Waals surface area contributed by atoms with E-state index in [9.17, 15) is 4.79 Å². The van der Waals surface area contributed by atoms with Crippen LogP contribution < -0.4 is 9.47 Å². The van der Waals surface area contributed by atoms with E-state index in [1.165, 1.54) is 0 Å². The van der Waals surface area contributed by atoms with Crippen molar-refractivity contribution in [2.75, 3.05) is 6.61 Å². The highest BCUT2D eigenvalue weighted by atomic mass is 79.9. The summed E-state index contributed by atoms with van der Waals surface area (Å²) in [6, 6.07) is 14.4. The number of esters is 1. The average Bonchev–Trinajstić information content (AvgIpc) is 2.36. The molecule has 0 saturated heterocycles. The molecular formula is C14H10Br2O3. The van der Waals surface area contributed by atoms with Gasteiger partial charge in [-0.15, -0.1) is 0 Å². The van der Waals surface area contributed by atoms with Crippen molar-refractivity contribution >= 4 is 37.8 Å². The van der Waals surface area contributed by atoms with E-state index in [2.05, 4.69) is 31.9 Å². The third-order valence-electron chi connectivity index (χ3n) is 2.18. The van der Waals surface area contributed by atoms with Crippen LogP contribution in [0, 0.1) is 0 Å². The summed E-state index contributed by atoms with van der Waals surface area (Å²) in [5, 5.41) is 0. The molecule has 0 spiro atoms. The summed E-state index contributed by atoms with van der Waals surface area (Å²) in [4.78, 5) is 11.6. The second-order valence-corrected chi connectivity index (χ2v) is 5.51. The summed E-state index contributed by atoms with van der Waals surface area (Å²) in [6.07, 6.45) is 0. The molecule has 0 aliphatic carbocycles. The van der Waals surface area contributed by atoms with Gasteiger partial charge in [0.05, 0.1) is 0 Å². The smallest absolute Gasteiger partial charge is 0.349 e. The lowest BCUT2D eigenvalue weighted by Gasteiger charge is -2.07. The van der Waals surface area contributed by atoms with Crippen molar-refractivity contribution in [1.82, 2.24) is 0 Å². The van der Waals surface area contributed by atoms with Crippen LogP contribution in [0.15, 0.2) is 57.5 Å². The zero-order valence-electron chi connectivity index (χ0n) is 9.81. The van der Waals surface area contributed by atoms with Crippen LogP contribution in [0.4, 0.5) is 0 Å². The molecule has 0 atom stereocenters. The first-order valence-electron chi connectivity index (χ1n) is 5.48. The predicted octanol–water partition coefficient (Wildman–Crippen LogP) is 4.20. The lowest BCUT2D eigenvalue weighted by atomic mass is 10.3. The standard InChI is InChI=1S/C14H10Br2O3/c15-10-3-1-5-12(7-10)18-9-14(17)19-13-6-2-4-11(16)8-13/h1-8H,9H2. The molecule has 5 heteroatoms. The Morgan fingerprint density at radius 3 is 2.16 bits per heavy atom. The molecule has 0 radical (unpaired) electrons. The van der Waals surface area contributed by atoms with Gasteiger partial charge in [0.1, 0.15) is 11.5 Å². The Balaban J connectivity index is 1.88. The molecule has 0 N–H and O–H groups in total. The van der Waals surface area contributed by atoms with Gasteiger partial charge in [0, 0.05) is 8.95 Å². The highest BCUT2D eigenvalue weighted by Gasteiger charge is 2.06. The molecule has 3 nitrogen and oxygen atoms in total. The molecule has 0 heterocycles. The van der Waals surface area contributed by atoms with E-state index in [-0.39, 0.29) is 6.61 Å². The maximum Gasteiger partial charge on any atom is 0.349 e. The zero-order valence-corrected chi connectivity index (χ0v) is 13.0. The number of hydrogen-bond acceptors (Lipinski definition) is 3. The molecule has 98 valence electrons. The number of benzene rings is 2. The lowest BCUT2D eigenvalue weighted by molar-refractivity contribution is -0.136. The number of halogens is 2. The molecule has 0 unspecified atom stereocenters. The first-order chi connectivity index (χ1) is 9.13. The second-order valence-electron chi connectivity index (χ2n) is 3.68. The first kappa shape index (κ1) is 14.1. The van der Waals surface area contributed by atoms with Gasteiger partial charge in [0.2, 0.25) is 0 Å². The van der Waals surface area contributed by atoms with E-state index >= 15 is 0 Å². The SMILES string of the molecule is O=C(COc1cccc(Br)c1)Oc1cccc(Br)c1. The molecule has 2 aromatic rings. The van der Waals surface area contributed by atoms with Crippen LogP contribution in [0.3, 0.4) is 0 Å². The van der Waals surface area contributed by atoms with Crippen LogP contribution in [-0.2, 0) is 4.79 Å². The van der Waals surface area contributed by atoms with Crippen molar-refractivity contribution < 1.29 is 14.3 Å². The molecular weight excluding hydrogens is 376 g/mol. The fourth-order valence-electron chi connectivity index (χ4n) is 1.39. The van der Waals surface area contributed by atoms with Crippen molar-refractivity contribution in [3.8, 4) is 11.5 Å². The highest BCUT2D eigenvalue weighted by molar-refractivity contribution is 9.10. The van der Waals surface area contributed by atoms with Gasteiger partial charge in [-0.05, 0) is 36.4 Å². The Morgan fingerprint density at radius 1 is 0.947 bits per heavy atom. The molecule has 2 aromatic carbocycles. The quantitative estimate of drug-likeness (QED) is 0.584. The molecule has 0 bridgehead atoms. The fraction of sp³-hybridized carbons (Fsp3) is 0.0714. The summed E-state index contributed by atoms with van der Waals surface area (Å²) >= 11 is 6.64. The molecule has 19 heavy (non-hydrogen) atoms. The predicted molar refractivity (Wildman–Crippen MR) is 79.4 cm³/mol. The van der Waals surface area contributed by atoms with Crippen LogP contribution in [0.5, 0.6) is 11.5 Å². The van der Waals surface area contributed by atoms with Crippen molar-refractivity contribution in [2.24, 2.45) is 0 Å². The minimum atomic E-state index is -0.446. The van der Waals surface area contributed by atoms with E-state index in [0.29, 0.717) is 11.5 Å². The number of carbonyl (C=O) groups excluding carboxylic acids is 1. The van der Waals surface area contributed by atoms with Gasteiger partial charge in [-0.3, -0.25) is 0 Å². The Bertz CT molecular complexity index is 584. The molecule has 0 aliphatic heterocycles. The van der Waals surface area contributed by atoms with Crippen molar-refractivity contribution in [2.45, 2.75) is 0 Å². The van der Waals surface area contributed by atoms with E-state index in [1.807, 2.05) is 18.2 Å². The zero-order chi connectivity index (χ0) is 13.7. The summed E-state index contributed by atoms with van der Waals surface area (Å²) in [7, 11) is 0. The normalized spacial score (nSPS) is 10.0. The Labute approximate surface area is 127 Å². The maximum absolute atomic E-state index is 11.6. The Hall–Kier alpha value is -1.33.